The molecular formula is C19H15NO2S. The maximum Gasteiger partial charge on any atom is 0.304 e. The molecule has 4 rings (SSSR count). The van der Waals surface area contributed by atoms with Crippen molar-refractivity contribution in [3.63, 3.8) is 0 Å². The number of benzene rings is 2. The van der Waals surface area contributed by atoms with Crippen LogP contribution in [0.15, 0.2) is 77.8 Å². The van der Waals surface area contributed by atoms with Crippen molar-refractivity contribution in [2.24, 2.45) is 0 Å². The molecule has 2 aromatic carbocycles. The minimum Gasteiger partial charge on any atom is -0.437 e. The summed E-state index contributed by atoms with van der Waals surface area (Å²) >= 11 is 1.57. The van der Waals surface area contributed by atoms with Crippen LogP contribution in [0.3, 0.4) is 0 Å². The van der Waals surface area contributed by atoms with Crippen LogP contribution in [-0.4, -0.2) is 10.5 Å². The van der Waals surface area contributed by atoms with Gasteiger partial charge in [-0.25, -0.2) is 0 Å². The van der Waals surface area contributed by atoms with Gasteiger partial charge in [0.1, 0.15) is 0 Å². The molecule has 114 valence electrons. The molecule has 0 aliphatic carbocycles. The summed E-state index contributed by atoms with van der Waals surface area (Å²) in [5.74, 6) is -0.298. The van der Waals surface area contributed by atoms with Gasteiger partial charge in [-0.2, -0.15) is 0 Å². The van der Waals surface area contributed by atoms with Crippen molar-refractivity contribution in [2.75, 3.05) is 0 Å². The molecule has 0 unspecified atom stereocenters. The molecule has 0 bridgehead atoms. The largest absolute Gasteiger partial charge is 0.437 e. The second-order valence-corrected chi connectivity index (χ2v) is 6.63. The number of hydrogen-bond acceptors (Lipinski definition) is 3. The molecule has 1 aromatic heterocycles. The Hall–Kier alpha value is -2.46. The Bertz CT molecular complexity index is 872. The van der Waals surface area contributed by atoms with E-state index in [1.807, 2.05) is 60.8 Å². The first kappa shape index (κ1) is 14.2. The highest BCUT2D eigenvalue weighted by molar-refractivity contribution is 8.00. The number of rotatable bonds is 2. The number of esters is 1. The van der Waals surface area contributed by atoms with E-state index in [-0.39, 0.29) is 5.97 Å². The van der Waals surface area contributed by atoms with Crippen LogP contribution in [0.2, 0.25) is 0 Å². The molecule has 1 aliphatic heterocycles. The summed E-state index contributed by atoms with van der Waals surface area (Å²) in [7, 11) is 0. The summed E-state index contributed by atoms with van der Waals surface area (Å²) in [6, 6.07) is 22.1. The molecule has 0 radical (unpaired) electrons. The molecule has 1 aliphatic rings. The van der Waals surface area contributed by atoms with E-state index in [1.165, 1.54) is 6.92 Å². The topological polar surface area (TPSA) is 31.2 Å². The lowest BCUT2D eigenvalue weighted by atomic mass is 10.0. The second-order valence-electron chi connectivity index (χ2n) is 5.41. The van der Waals surface area contributed by atoms with Gasteiger partial charge >= 0.3 is 5.97 Å². The average molecular weight is 321 g/mol. The van der Waals surface area contributed by atoms with Gasteiger partial charge < -0.3 is 9.30 Å². The van der Waals surface area contributed by atoms with Crippen molar-refractivity contribution in [2.45, 2.75) is 16.8 Å². The van der Waals surface area contributed by atoms with Crippen molar-refractivity contribution in [1.29, 1.82) is 0 Å². The Morgan fingerprint density at radius 1 is 1.00 bits per heavy atom. The smallest absolute Gasteiger partial charge is 0.304 e. The van der Waals surface area contributed by atoms with Gasteiger partial charge in [0.05, 0.1) is 11.4 Å². The number of para-hydroxylation sites is 1. The van der Waals surface area contributed by atoms with E-state index in [0.717, 1.165) is 21.8 Å². The van der Waals surface area contributed by atoms with Crippen molar-refractivity contribution in [3.05, 3.63) is 84.2 Å². The lowest BCUT2D eigenvalue weighted by Gasteiger charge is -2.38. The minimum absolute atomic E-state index is 0.298. The molecule has 0 saturated carbocycles. The van der Waals surface area contributed by atoms with Crippen LogP contribution in [0.1, 0.15) is 18.2 Å². The fourth-order valence-electron chi connectivity index (χ4n) is 3.01. The summed E-state index contributed by atoms with van der Waals surface area (Å²) < 4.78 is 8.01. The number of carbonyl (C=O) groups is 1. The normalized spacial score (nSPS) is 18.8. The second kappa shape index (κ2) is 5.32. The van der Waals surface area contributed by atoms with E-state index in [9.17, 15) is 4.79 Å². The first-order chi connectivity index (χ1) is 11.2. The molecule has 0 spiro atoms. The fraction of sp³-hybridized carbons (Fsp3) is 0.105. The average Bonchev–Trinajstić information content (AvgIpc) is 3.06. The van der Waals surface area contributed by atoms with Gasteiger partial charge in [0.15, 0.2) is 0 Å². The maximum absolute atomic E-state index is 11.9. The number of ether oxygens (including phenoxy) is 1. The molecule has 0 amide bonds. The molecule has 23 heavy (non-hydrogen) atoms. The summed E-state index contributed by atoms with van der Waals surface area (Å²) in [6.07, 6.45) is 2.01. The quantitative estimate of drug-likeness (QED) is 0.658. The third kappa shape index (κ3) is 2.18. The molecule has 2 heterocycles. The van der Waals surface area contributed by atoms with Crippen LogP contribution in [0.25, 0.3) is 5.69 Å². The Balaban J connectivity index is 2.00. The van der Waals surface area contributed by atoms with Gasteiger partial charge in [-0.1, -0.05) is 54.2 Å². The van der Waals surface area contributed by atoms with Crippen LogP contribution in [0.4, 0.5) is 0 Å². The number of hydrogen-bond donors (Lipinski definition) is 0. The molecule has 3 aromatic rings. The monoisotopic (exact) mass is 321 g/mol. The Morgan fingerprint density at radius 2 is 1.74 bits per heavy atom. The predicted octanol–water partition coefficient (Wildman–Crippen LogP) is 4.35. The van der Waals surface area contributed by atoms with Crippen LogP contribution in [0.5, 0.6) is 0 Å². The molecular weight excluding hydrogens is 306 g/mol. The molecule has 0 saturated heterocycles. The first-order valence-corrected chi connectivity index (χ1v) is 8.24. The maximum atomic E-state index is 11.9. The highest BCUT2D eigenvalue weighted by Crippen LogP contribution is 2.53. The first-order valence-electron chi connectivity index (χ1n) is 7.42. The van der Waals surface area contributed by atoms with Crippen molar-refractivity contribution in [3.8, 4) is 5.69 Å². The van der Waals surface area contributed by atoms with E-state index in [4.69, 9.17) is 4.74 Å². The number of nitrogens with zero attached hydrogens (tertiary/aromatic N) is 1. The van der Waals surface area contributed by atoms with Crippen LogP contribution in [-0.2, 0) is 14.5 Å². The number of aromatic nitrogens is 1. The number of carbonyl (C=O) groups excluding carboxylic acids is 1. The fourth-order valence-corrected chi connectivity index (χ4v) is 4.42. The zero-order valence-corrected chi connectivity index (χ0v) is 13.4. The zero-order chi connectivity index (χ0) is 15.9. The predicted molar refractivity (Wildman–Crippen MR) is 90.6 cm³/mol. The van der Waals surface area contributed by atoms with Gasteiger partial charge in [0.2, 0.25) is 4.93 Å². The van der Waals surface area contributed by atoms with Crippen LogP contribution >= 0.6 is 11.8 Å². The third-order valence-corrected chi connectivity index (χ3v) is 5.29. The lowest BCUT2D eigenvalue weighted by molar-refractivity contribution is -0.147. The van der Waals surface area contributed by atoms with Crippen LogP contribution in [0, 0.1) is 0 Å². The van der Waals surface area contributed by atoms with E-state index in [2.05, 4.69) is 16.7 Å². The van der Waals surface area contributed by atoms with Crippen LogP contribution < -0.4 is 0 Å². The van der Waals surface area contributed by atoms with Gasteiger partial charge in [-0.05, 0) is 24.3 Å². The standard InChI is InChI=1S/C19H15NO2S/c1-14(21)22-19(15-8-3-2-4-9-15)18-12-7-13-20(18)16-10-5-6-11-17(16)23-19/h2-13H,1H3/t19-/m1/s1. The molecule has 3 nitrogen and oxygen atoms in total. The van der Waals surface area contributed by atoms with Gasteiger partial charge in [0, 0.05) is 23.6 Å². The summed E-state index contributed by atoms with van der Waals surface area (Å²) in [4.78, 5) is 12.1. The van der Waals surface area contributed by atoms with Crippen molar-refractivity contribution >= 4 is 17.7 Å². The summed E-state index contributed by atoms with van der Waals surface area (Å²) in [6.45, 7) is 1.46. The van der Waals surface area contributed by atoms with E-state index in [0.29, 0.717) is 0 Å². The molecule has 0 N–H and O–H groups in total. The van der Waals surface area contributed by atoms with E-state index >= 15 is 0 Å². The molecule has 1 atom stereocenters. The number of thioether (sulfide) groups is 1. The summed E-state index contributed by atoms with van der Waals surface area (Å²) in [5, 5.41) is 0. The van der Waals surface area contributed by atoms with Crippen molar-refractivity contribution in [1.82, 2.24) is 4.57 Å². The minimum atomic E-state index is -0.870. The third-order valence-electron chi connectivity index (χ3n) is 3.91. The summed E-state index contributed by atoms with van der Waals surface area (Å²) in [5.41, 5.74) is 3.01. The Kier molecular flexibility index (Phi) is 3.27. The molecule has 0 fully saturated rings. The van der Waals surface area contributed by atoms with Gasteiger partial charge in [-0.15, -0.1) is 0 Å². The molecule has 4 heteroatoms. The Morgan fingerprint density at radius 3 is 2.52 bits per heavy atom. The zero-order valence-electron chi connectivity index (χ0n) is 12.6. The highest BCUT2D eigenvalue weighted by atomic mass is 32.2. The lowest BCUT2D eigenvalue weighted by Crippen LogP contribution is -2.34. The van der Waals surface area contributed by atoms with E-state index in [1.54, 1.807) is 11.8 Å². The van der Waals surface area contributed by atoms with Crippen molar-refractivity contribution < 1.29 is 9.53 Å². The Labute approximate surface area is 138 Å². The van der Waals surface area contributed by atoms with Gasteiger partial charge in [-0.3, -0.25) is 4.79 Å². The highest BCUT2D eigenvalue weighted by Gasteiger charge is 2.45. The number of fused-ring (bicyclic) bond motifs is 3. The van der Waals surface area contributed by atoms with Gasteiger partial charge in [0.25, 0.3) is 0 Å². The SMILES string of the molecule is CC(=O)O[C@]1(c2ccccc2)Sc2ccccc2-n2cccc21. The van der Waals surface area contributed by atoms with E-state index < -0.39 is 4.93 Å².